The minimum atomic E-state index is 0.881. The van der Waals surface area contributed by atoms with Crippen molar-refractivity contribution in [3.05, 3.63) is 0 Å². The van der Waals surface area contributed by atoms with Gasteiger partial charge >= 0.3 is 0 Å². The summed E-state index contributed by atoms with van der Waals surface area (Å²) < 4.78 is 0.881. The van der Waals surface area contributed by atoms with Crippen LogP contribution < -0.4 is 5.32 Å². The van der Waals surface area contributed by atoms with Gasteiger partial charge in [-0.2, -0.15) is 0 Å². The normalized spacial score (nSPS) is 13.4. The van der Waals surface area contributed by atoms with Crippen molar-refractivity contribution in [3.63, 3.8) is 0 Å². The molecule has 0 aromatic heterocycles. The zero-order chi connectivity index (χ0) is 8.53. The van der Waals surface area contributed by atoms with Gasteiger partial charge in [-0.05, 0) is 26.4 Å². The zero-order valence-electron chi connectivity index (χ0n) is 7.70. The number of halogens is 1. The average Bonchev–Trinajstić information content (AvgIpc) is 2.01. The molecule has 11 heavy (non-hydrogen) atoms. The Morgan fingerprint density at radius 2 is 2.00 bits per heavy atom. The molecule has 0 amide bonds. The predicted octanol–water partition coefficient (Wildman–Crippen LogP) is 2.98. The standard InChI is InChI=1S/C9H20IN/c1-3-4-5-6-9(10)7-8-11-2/h9,11H,3-8H2,1-2H3. The largest absolute Gasteiger partial charge is 0.320 e. The summed E-state index contributed by atoms with van der Waals surface area (Å²) in [6.45, 7) is 3.43. The van der Waals surface area contributed by atoms with Crippen molar-refractivity contribution < 1.29 is 0 Å². The fourth-order valence-corrected chi connectivity index (χ4v) is 1.81. The lowest BCUT2D eigenvalue weighted by Crippen LogP contribution is -2.12. The molecule has 1 N–H and O–H groups in total. The van der Waals surface area contributed by atoms with Gasteiger partial charge in [0, 0.05) is 3.92 Å². The molecule has 2 heteroatoms. The molecule has 1 unspecified atom stereocenters. The first-order valence-corrected chi connectivity index (χ1v) is 5.84. The molecular formula is C9H20IN. The summed E-state index contributed by atoms with van der Waals surface area (Å²) in [4.78, 5) is 0. The van der Waals surface area contributed by atoms with Gasteiger partial charge in [-0.3, -0.25) is 0 Å². The molecule has 0 aliphatic heterocycles. The van der Waals surface area contributed by atoms with Gasteiger partial charge in [0.05, 0.1) is 0 Å². The molecule has 0 heterocycles. The molecule has 1 atom stereocenters. The highest BCUT2D eigenvalue weighted by atomic mass is 127. The molecule has 68 valence electrons. The zero-order valence-corrected chi connectivity index (χ0v) is 9.86. The lowest BCUT2D eigenvalue weighted by molar-refractivity contribution is 0.616. The highest BCUT2D eigenvalue weighted by Gasteiger charge is 2.01. The Morgan fingerprint density at radius 1 is 1.27 bits per heavy atom. The van der Waals surface area contributed by atoms with Crippen LogP contribution in [0.4, 0.5) is 0 Å². The molecule has 0 bridgehead atoms. The maximum absolute atomic E-state index is 3.18. The van der Waals surface area contributed by atoms with Crippen molar-refractivity contribution in [3.8, 4) is 0 Å². The number of unbranched alkanes of at least 4 members (excludes halogenated alkanes) is 2. The van der Waals surface area contributed by atoms with Gasteiger partial charge in [-0.1, -0.05) is 48.8 Å². The Labute approximate surface area is 84.5 Å². The Kier molecular flexibility index (Phi) is 9.33. The molecule has 0 aromatic rings. The van der Waals surface area contributed by atoms with Crippen molar-refractivity contribution in [2.24, 2.45) is 0 Å². The number of rotatable bonds is 7. The van der Waals surface area contributed by atoms with Crippen LogP contribution >= 0.6 is 22.6 Å². The minimum absolute atomic E-state index is 0.881. The molecule has 0 aromatic carbocycles. The van der Waals surface area contributed by atoms with Crippen molar-refractivity contribution >= 4 is 22.6 Å². The lowest BCUT2D eigenvalue weighted by Gasteiger charge is -2.07. The van der Waals surface area contributed by atoms with Crippen LogP contribution in [0.5, 0.6) is 0 Å². The Balaban J connectivity index is 3.02. The molecule has 0 aliphatic rings. The molecule has 0 aliphatic carbocycles. The van der Waals surface area contributed by atoms with Crippen molar-refractivity contribution in [1.82, 2.24) is 5.32 Å². The molecule has 0 saturated heterocycles. The van der Waals surface area contributed by atoms with E-state index < -0.39 is 0 Å². The number of hydrogen-bond donors (Lipinski definition) is 1. The SMILES string of the molecule is CCCCCC(I)CCNC. The summed E-state index contributed by atoms with van der Waals surface area (Å²) in [6.07, 6.45) is 6.87. The van der Waals surface area contributed by atoms with Crippen LogP contribution in [-0.2, 0) is 0 Å². The third-order valence-electron chi connectivity index (χ3n) is 1.83. The van der Waals surface area contributed by atoms with Crippen molar-refractivity contribution in [2.75, 3.05) is 13.6 Å². The Hall–Kier alpha value is 0.690. The van der Waals surface area contributed by atoms with Crippen LogP contribution in [-0.4, -0.2) is 17.5 Å². The monoisotopic (exact) mass is 269 g/mol. The average molecular weight is 269 g/mol. The van der Waals surface area contributed by atoms with E-state index in [1.807, 2.05) is 7.05 Å². The molecule has 0 spiro atoms. The number of nitrogens with one attached hydrogen (secondary N) is 1. The van der Waals surface area contributed by atoms with Gasteiger partial charge in [0.2, 0.25) is 0 Å². The van der Waals surface area contributed by atoms with E-state index in [0.717, 1.165) is 3.92 Å². The van der Waals surface area contributed by atoms with Gasteiger partial charge in [0.15, 0.2) is 0 Å². The third-order valence-corrected chi connectivity index (χ3v) is 3.07. The van der Waals surface area contributed by atoms with E-state index in [1.165, 1.54) is 38.6 Å². The van der Waals surface area contributed by atoms with E-state index >= 15 is 0 Å². The van der Waals surface area contributed by atoms with Crippen LogP contribution in [0, 0.1) is 0 Å². The van der Waals surface area contributed by atoms with Gasteiger partial charge in [-0.25, -0.2) is 0 Å². The topological polar surface area (TPSA) is 12.0 Å². The summed E-state index contributed by atoms with van der Waals surface area (Å²) in [6, 6.07) is 0. The molecule has 0 rings (SSSR count). The maximum Gasteiger partial charge on any atom is 0.0122 e. The lowest BCUT2D eigenvalue weighted by atomic mass is 10.1. The van der Waals surface area contributed by atoms with Crippen molar-refractivity contribution in [2.45, 2.75) is 43.0 Å². The predicted molar refractivity (Wildman–Crippen MR) is 60.5 cm³/mol. The van der Waals surface area contributed by atoms with E-state index in [9.17, 15) is 0 Å². The molecule has 1 nitrogen and oxygen atoms in total. The van der Waals surface area contributed by atoms with E-state index in [1.54, 1.807) is 0 Å². The number of hydrogen-bond acceptors (Lipinski definition) is 1. The van der Waals surface area contributed by atoms with Crippen LogP contribution in [0.2, 0.25) is 0 Å². The summed E-state index contributed by atoms with van der Waals surface area (Å²) >= 11 is 2.56. The molecule has 0 saturated carbocycles. The quantitative estimate of drug-likeness (QED) is 0.425. The first kappa shape index (κ1) is 11.7. The fourth-order valence-electron chi connectivity index (χ4n) is 1.06. The van der Waals surface area contributed by atoms with Crippen LogP contribution in [0.1, 0.15) is 39.0 Å². The fraction of sp³-hybridized carbons (Fsp3) is 1.00. The van der Waals surface area contributed by atoms with E-state index in [4.69, 9.17) is 0 Å². The number of alkyl halides is 1. The summed E-state index contributed by atoms with van der Waals surface area (Å²) in [5.74, 6) is 0. The highest BCUT2D eigenvalue weighted by molar-refractivity contribution is 14.1. The Bertz CT molecular complexity index is 76.0. The van der Waals surface area contributed by atoms with Crippen molar-refractivity contribution in [1.29, 1.82) is 0 Å². The van der Waals surface area contributed by atoms with Gasteiger partial charge in [0.25, 0.3) is 0 Å². The second kappa shape index (κ2) is 8.78. The van der Waals surface area contributed by atoms with Gasteiger partial charge < -0.3 is 5.32 Å². The summed E-state index contributed by atoms with van der Waals surface area (Å²) in [5, 5.41) is 3.18. The minimum Gasteiger partial charge on any atom is -0.320 e. The highest BCUT2D eigenvalue weighted by Crippen LogP contribution is 2.14. The molecular weight excluding hydrogens is 249 g/mol. The van der Waals surface area contributed by atoms with Crippen LogP contribution in [0.15, 0.2) is 0 Å². The molecule has 0 fully saturated rings. The second-order valence-corrected chi connectivity index (χ2v) is 4.75. The summed E-state index contributed by atoms with van der Waals surface area (Å²) in [5.41, 5.74) is 0. The van der Waals surface area contributed by atoms with Gasteiger partial charge in [0.1, 0.15) is 0 Å². The molecule has 0 radical (unpaired) electrons. The van der Waals surface area contributed by atoms with Crippen LogP contribution in [0.25, 0.3) is 0 Å². The third kappa shape index (κ3) is 8.60. The van der Waals surface area contributed by atoms with E-state index in [-0.39, 0.29) is 0 Å². The first-order chi connectivity index (χ1) is 5.31. The maximum atomic E-state index is 3.18. The first-order valence-electron chi connectivity index (χ1n) is 4.60. The second-order valence-electron chi connectivity index (χ2n) is 2.99. The summed E-state index contributed by atoms with van der Waals surface area (Å²) in [7, 11) is 2.02. The van der Waals surface area contributed by atoms with E-state index in [0.29, 0.717) is 0 Å². The smallest absolute Gasteiger partial charge is 0.0122 e. The Morgan fingerprint density at radius 3 is 2.55 bits per heavy atom. The van der Waals surface area contributed by atoms with Crippen LogP contribution in [0.3, 0.4) is 0 Å². The van der Waals surface area contributed by atoms with E-state index in [2.05, 4.69) is 34.8 Å². The van der Waals surface area contributed by atoms with Gasteiger partial charge in [-0.15, -0.1) is 0 Å².